The average molecular weight is 253 g/mol. The van der Waals surface area contributed by atoms with E-state index in [1.165, 1.54) is 6.07 Å². The molecule has 1 heterocycles. The van der Waals surface area contributed by atoms with Crippen molar-refractivity contribution in [2.75, 3.05) is 0 Å². The van der Waals surface area contributed by atoms with Crippen LogP contribution in [0.5, 0.6) is 0 Å². The summed E-state index contributed by atoms with van der Waals surface area (Å²) < 4.78 is 5.22. The van der Waals surface area contributed by atoms with E-state index in [1.807, 2.05) is 0 Å². The standard InChI is InChI=1S/C12H13ClN2O2/c1-7-6-8(14-5)15-10(13)9(7)11(16)17-12(2,3)4/h6H,1-4H3. The average Bonchev–Trinajstić information content (AvgIpc) is 2.13. The number of esters is 1. The molecule has 0 aliphatic carbocycles. The topological polar surface area (TPSA) is 43.5 Å². The third-order valence-corrected chi connectivity index (χ3v) is 2.15. The molecule has 0 amide bonds. The zero-order valence-electron chi connectivity index (χ0n) is 10.2. The maximum atomic E-state index is 11.9. The van der Waals surface area contributed by atoms with E-state index in [-0.39, 0.29) is 16.5 Å². The Kier molecular flexibility index (Phi) is 3.74. The number of pyridine rings is 1. The molecule has 1 aromatic heterocycles. The lowest BCUT2D eigenvalue weighted by atomic mass is 10.1. The number of halogens is 1. The number of aromatic nitrogens is 1. The molecule has 0 unspecified atom stereocenters. The Balaban J connectivity index is 3.16. The van der Waals surface area contributed by atoms with Crippen LogP contribution >= 0.6 is 11.6 Å². The molecule has 0 spiro atoms. The summed E-state index contributed by atoms with van der Waals surface area (Å²) in [5.74, 6) is -0.358. The van der Waals surface area contributed by atoms with Gasteiger partial charge in [0.15, 0.2) is 0 Å². The molecule has 0 fully saturated rings. The highest BCUT2D eigenvalue weighted by molar-refractivity contribution is 6.32. The number of carbonyl (C=O) groups excluding carboxylic acids is 1. The molecule has 0 radical (unpaired) electrons. The summed E-state index contributed by atoms with van der Waals surface area (Å²) >= 11 is 5.88. The van der Waals surface area contributed by atoms with E-state index < -0.39 is 11.6 Å². The third-order valence-electron chi connectivity index (χ3n) is 1.88. The van der Waals surface area contributed by atoms with Gasteiger partial charge in [0.05, 0.1) is 0 Å². The van der Waals surface area contributed by atoms with Crippen LogP contribution in [0.2, 0.25) is 5.15 Å². The molecule has 17 heavy (non-hydrogen) atoms. The molecule has 0 atom stereocenters. The Hall–Kier alpha value is -1.60. The largest absolute Gasteiger partial charge is 0.456 e. The highest BCUT2D eigenvalue weighted by Crippen LogP contribution is 2.25. The number of hydrogen-bond acceptors (Lipinski definition) is 3. The Morgan fingerprint density at radius 2 is 2.12 bits per heavy atom. The van der Waals surface area contributed by atoms with Crippen molar-refractivity contribution in [2.24, 2.45) is 0 Å². The van der Waals surface area contributed by atoms with Gasteiger partial charge in [0.25, 0.3) is 5.82 Å². The zero-order valence-corrected chi connectivity index (χ0v) is 10.9. The molecular formula is C12H13ClN2O2. The fourth-order valence-corrected chi connectivity index (χ4v) is 1.56. The van der Waals surface area contributed by atoms with Crippen LogP contribution in [0.4, 0.5) is 5.82 Å². The first-order chi connectivity index (χ1) is 7.74. The van der Waals surface area contributed by atoms with Crippen LogP contribution in [0.15, 0.2) is 6.07 Å². The monoisotopic (exact) mass is 252 g/mol. The Bertz CT molecular complexity index is 475. The fraction of sp³-hybridized carbons (Fsp3) is 0.417. The normalized spacial score (nSPS) is 10.8. The quantitative estimate of drug-likeness (QED) is 0.436. The molecule has 1 aromatic rings. The van der Waals surface area contributed by atoms with Gasteiger partial charge in [-0.25, -0.2) is 4.79 Å². The number of hydrogen-bond donors (Lipinski definition) is 0. The van der Waals surface area contributed by atoms with Crippen LogP contribution in [0.1, 0.15) is 36.7 Å². The molecule has 0 aliphatic rings. The van der Waals surface area contributed by atoms with Gasteiger partial charge in [0, 0.05) is 0 Å². The number of ether oxygens (including phenoxy) is 1. The zero-order chi connectivity index (χ0) is 13.2. The van der Waals surface area contributed by atoms with Gasteiger partial charge in [-0.3, -0.25) is 0 Å². The molecule has 0 saturated carbocycles. The summed E-state index contributed by atoms with van der Waals surface area (Å²) in [5.41, 5.74) is 0.213. The van der Waals surface area contributed by atoms with Crippen molar-refractivity contribution in [3.05, 3.63) is 33.8 Å². The Morgan fingerprint density at radius 1 is 1.53 bits per heavy atom. The maximum Gasteiger partial charge on any atom is 0.344 e. The van der Waals surface area contributed by atoms with E-state index >= 15 is 0 Å². The van der Waals surface area contributed by atoms with Gasteiger partial charge < -0.3 is 9.58 Å². The van der Waals surface area contributed by atoms with E-state index in [0.29, 0.717) is 5.56 Å². The predicted octanol–water partition coefficient (Wildman–Crippen LogP) is 3.55. The van der Waals surface area contributed by atoms with Gasteiger partial charge in [0.1, 0.15) is 11.2 Å². The fourth-order valence-electron chi connectivity index (χ4n) is 1.25. The smallest absolute Gasteiger partial charge is 0.344 e. The van der Waals surface area contributed by atoms with Crippen molar-refractivity contribution < 1.29 is 9.53 Å². The second-order valence-corrected chi connectivity index (χ2v) is 4.93. The minimum absolute atomic E-state index is 0.00486. The molecule has 0 bridgehead atoms. The molecule has 0 saturated heterocycles. The van der Waals surface area contributed by atoms with Gasteiger partial charge in [-0.05, 0) is 50.9 Å². The van der Waals surface area contributed by atoms with Gasteiger partial charge in [-0.2, -0.15) is 0 Å². The molecule has 0 N–H and O–H groups in total. The summed E-state index contributed by atoms with van der Waals surface area (Å²) in [5, 5.41) is 0.00486. The van der Waals surface area contributed by atoms with Crippen molar-refractivity contribution >= 4 is 23.4 Å². The second kappa shape index (κ2) is 4.72. The SMILES string of the molecule is [C-]#[N+]c1cc(C)c(C(=O)OC(C)(C)C)c(Cl)n1. The Morgan fingerprint density at radius 3 is 2.53 bits per heavy atom. The van der Waals surface area contributed by atoms with Gasteiger partial charge in [-0.1, -0.05) is 6.57 Å². The summed E-state index contributed by atoms with van der Waals surface area (Å²) in [6.07, 6.45) is 0. The molecule has 90 valence electrons. The lowest BCUT2D eigenvalue weighted by Gasteiger charge is -2.19. The first kappa shape index (κ1) is 13.5. The lowest BCUT2D eigenvalue weighted by Crippen LogP contribution is -2.24. The van der Waals surface area contributed by atoms with E-state index in [0.717, 1.165) is 0 Å². The summed E-state index contributed by atoms with van der Waals surface area (Å²) in [4.78, 5) is 18.9. The van der Waals surface area contributed by atoms with Gasteiger partial charge in [0.2, 0.25) is 5.15 Å². The van der Waals surface area contributed by atoms with Gasteiger partial charge in [-0.15, -0.1) is 4.98 Å². The van der Waals surface area contributed by atoms with Crippen LogP contribution in [0.25, 0.3) is 4.85 Å². The van der Waals surface area contributed by atoms with E-state index in [2.05, 4.69) is 9.83 Å². The first-order valence-corrected chi connectivity index (χ1v) is 5.40. The van der Waals surface area contributed by atoms with Crippen molar-refractivity contribution in [1.82, 2.24) is 4.98 Å². The first-order valence-electron chi connectivity index (χ1n) is 5.02. The van der Waals surface area contributed by atoms with Crippen LogP contribution in [0, 0.1) is 13.5 Å². The minimum Gasteiger partial charge on any atom is -0.456 e. The lowest BCUT2D eigenvalue weighted by molar-refractivity contribution is 0.00686. The van der Waals surface area contributed by atoms with E-state index in [1.54, 1.807) is 27.7 Å². The van der Waals surface area contributed by atoms with Crippen LogP contribution < -0.4 is 0 Å². The molecule has 4 nitrogen and oxygen atoms in total. The summed E-state index contributed by atoms with van der Waals surface area (Å²) in [6.45, 7) is 13.9. The number of aryl methyl sites for hydroxylation is 1. The molecule has 0 aromatic carbocycles. The van der Waals surface area contributed by atoms with Crippen LogP contribution in [0.3, 0.4) is 0 Å². The van der Waals surface area contributed by atoms with Crippen molar-refractivity contribution in [3.8, 4) is 0 Å². The summed E-state index contributed by atoms with van der Waals surface area (Å²) in [7, 11) is 0. The number of nitrogens with zero attached hydrogens (tertiary/aromatic N) is 2. The van der Waals surface area contributed by atoms with Crippen molar-refractivity contribution in [3.63, 3.8) is 0 Å². The Labute approximate surface area is 105 Å². The highest BCUT2D eigenvalue weighted by atomic mass is 35.5. The maximum absolute atomic E-state index is 11.9. The number of carbonyl (C=O) groups is 1. The van der Waals surface area contributed by atoms with Gasteiger partial charge >= 0.3 is 5.97 Å². The summed E-state index contributed by atoms with van der Waals surface area (Å²) in [6, 6.07) is 1.51. The van der Waals surface area contributed by atoms with E-state index in [4.69, 9.17) is 22.9 Å². The molecule has 0 aliphatic heterocycles. The third kappa shape index (κ3) is 3.43. The highest BCUT2D eigenvalue weighted by Gasteiger charge is 2.24. The van der Waals surface area contributed by atoms with Crippen molar-refractivity contribution in [1.29, 1.82) is 0 Å². The molecule has 5 heteroatoms. The van der Waals surface area contributed by atoms with Crippen LogP contribution in [-0.2, 0) is 4.74 Å². The number of rotatable bonds is 1. The second-order valence-electron chi connectivity index (χ2n) is 4.58. The van der Waals surface area contributed by atoms with Crippen molar-refractivity contribution in [2.45, 2.75) is 33.3 Å². The predicted molar refractivity (Wildman–Crippen MR) is 65.4 cm³/mol. The molecular weight excluding hydrogens is 240 g/mol. The van der Waals surface area contributed by atoms with E-state index in [9.17, 15) is 4.79 Å². The van der Waals surface area contributed by atoms with Crippen LogP contribution in [-0.4, -0.2) is 16.6 Å². The molecule has 1 rings (SSSR count). The minimum atomic E-state index is -0.592.